The maximum atomic E-state index is 13.1. The van der Waals surface area contributed by atoms with Gasteiger partial charge in [0.05, 0.1) is 6.04 Å². The molecule has 6 heteroatoms. The Morgan fingerprint density at radius 3 is 2.33 bits per heavy atom. The van der Waals surface area contributed by atoms with Gasteiger partial charge in [-0.05, 0) is 36.8 Å². The first kappa shape index (κ1) is 14.9. The summed E-state index contributed by atoms with van der Waals surface area (Å²) in [6, 6.07) is 6.97. The van der Waals surface area contributed by atoms with Gasteiger partial charge in [-0.3, -0.25) is 4.79 Å². The molecule has 0 fully saturated rings. The summed E-state index contributed by atoms with van der Waals surface area (Å²) in [6.45, 7) is 1.64. The second-order valence-corrected chi connectivity index (χ2v) is 4.54. The highest BCUT2D eigenvalue weighted by molar-refractivity contribution is 5.94. The van der Waals surface area contributed by atoms with E-state index < -0.39 is 29.4 Å². The molecule has 1 atom stereocenters. The molecule has 0 aliphatic heterocycles. The highest BCUT2D eigenvalue weighted by Gasteiger charge is 2.17. The van der Waals surface area contributed by atoms with Crippen LogP contribution in [-0.4, -0.2) is 11.0 Å². The van der Waals surface area contributed by atoms with Crippen LogP contribution in [0.2, 0.25) is 0 Å². The molecule has 0 aliphatic carbocycles. The average molecular weight is 295 g/mol. The molecule has 110 valence electrons. The van der Waals surface area contributed by atoms with Gasteiger partial charge in [0.25, 0.3) is 5.91 Å². The van der Waals surface area contributed by atoms with Crippen molar-refractivity contribution in [3.63, 3.8) is 0 Å². The SMILES string of the molecule is CC(NC(=O)c1cc(F)c(F)c(F)c1)c1cccc(O)c1. The minimum Gasteiger partial charge on any atom is -0.508 e. The van der Waals surface area contributed by atoms with Crippen LogP contribution in [0.5, 0.6) is 5.75 Å². The van der Waals surface area contributed by atoms with Crippen molar-refractivity contribution in [2.24, 2.45) is 0 Å². The van der Waals surface area contributed by atoms with Crippen molar-refractivity contribution < 1.29 is 23.1 Å². The predicted octanol–water partition coefficient (Wildman–Crippen LogP) is 3.30. The maximum absolute atomic E-state index is 13.1. The lowest BCUT2D eigenvalue weighted by Gasteiger charge is -2.14. The van der Waals surface area contributed by atoms with E-state index in [9.17, 15) is 23.1 Å². The molecule has 2 rings (SSSR count). The fourth-order valence-corrected chi connectivity index (χ4v) is 1.84. The number of phenolic OH excluding ortho intramolecular Hbond substituents is 1. The van der Waals surface area contributed by atoms with Crippen LogP contribution in [0.1, 0.15) is 28.9 Å². The Hall–Kier alpha value is -2.50. The van der Waals surface area contributed by atoms with Gasteiger partial charge in [-0.15, -0.1) is 0 Å². The molecular weight excluding hydrogens is 283 g/mol. The Bertz CT molecular complexity index is 665. The molecule has 0 heterocycles. The first-order valence-corrected chi connectivity index (χ1v) is 6.13. The standard InChI is InChI=1S/C15H12F3NO2/c1-8(9-3-2-4-11(20)5-9)19-15(21)10-6-12(16)14(18)13(17)7-10/h2-8,20H,1H3,(H,19,21). The summed E-state index contributed by atoms with van der Waals surface area (Å²) in [6.07, 6.45) is 0. The number of rotatable bonds is 3. The molecule has 1 unspecified atom stereocenters. The molecule has 21 heavy (non-hydrogen) atoms. The van der Waals surface area contributed by atoms with Crippen LogP contribution < -0.4 is 5.32 Å². The first-order valence-electron chi connectivity index (χ1n) is 6.13. The van der Waals surface area contributed by atoms with Crippen LogP contribution in [0.25, 0.3) is 0 Å². The highest BCUT2D eigenvalue weighted by atomic mass is 19.2. The lowest BCUT2D eigenvalue weighted by molar-refractivity contribution is 0.0938. The summed E-state index contributed by atoms with van der Waals surface area (Å²) < 4.78 is 39.0. The van der Waals surface area contributed by atoms with Crippen molar-refractivity contribution in [1.82, 2.24) is 5.32 Å². The van der Waals surface area contributed by atoms with Crippen molar-refractivity contribution >= 4 is 5.91 Å². The minimum absolute atomic E-state index is 0.0347. The van der Waals surface area contributed by atoms with E-state index >= 15 is 0 Å². The fraction of sp³-hybridized carbons (Fsp3) is 0.133. The Morgan fingerprint density at radius 2 is 1.76 bits per heavy atom. The molecule has 0 saturated heterocycles. The van der Waals surface area contributed by atoms with Gasteiger partial charge in [0.1, 0.15) is 5.75 Å². The van der Waals surface area contributed by atoms with Gasteiger partial charge < -0.3 is 10.4 Å². The Morgan fingerprint density at radius 1 is 1.14 bits per heavy atom. The molecule has 1 amide bonds. The van der Waals surface area contributed by atoms with E-state index in [-0.39, 0.29) is 11.3 Å². The van der Waals surface area contributed by atoms with Crippen LogP contribution in [0.3, 0.4) is 0 Å². The number of amides is 1. The minimum atomic E-state index is -1.62. The Labute approximate surface area is 119 Å². The van der Waals surface area contributed by atoms with E-state index in [1.807, 2.05) is 0 Å². The van der Waals surface area contributed by atoms with Gasteiger partial charge in [-0.1, -0.05) is 12.1 Å². The van der Waals surface area contributed by atoms with Crippen LogP contribution in [0.15, 0.2) is 36.4 Å². The highest BCUT2D eigenvalue weighted by Crippen LogP contribution is 2.19. The predicted molar refractivity (Wildman–Crippen MR) is 70.3 cm³/mol. The van der Waals surface area contributed by atoms with E-state index in [2.05, 4.69) is 5.32 Å². The van der Waals surface area contributed by atoms with Crippen molar-refractivity contribution in [3.05, 3.63) is 65.0 Å². The van der Waals surface area contributed by atoms with Crippen molar-refractivity contribution in [2.45, 2.75) is 13.0 Å². The van der Waals surface area contributed by atoms with Crippen LogP contribution in [0, 0.1) is 17.5 Å². The van der Waals surface area contributed by atoms with Gasteiger partial charge in [0.15, 0.2) is 17.5 Å². The zero-order chi connectivity index (χ0) is 15.6. The lowest BCUT2D eigenvalue weighted by Crippen LogP contribution is -2.27. The lowest BCUT2D eigenvalue weighted by atomic mass is 10.1. The summed E-state index contributed by atoms with van der Waals surface area (Å²) in [5.74, 6) is -5.18. The summed E-state index contributed by atoms with van der Waals surface area (Å²) in [7, 11) is 0. The molecule has 2 N–H and O–H groups in total. The molecule has 2 aromatic rings. The number of carbonyl (C=O) groups is 1. The molecule has 3 nitrogen and oxygen atoms in total. The van der Waals surface area contributed by atoms with E-state index in [1.54, 1.807) is 19.1 Å². The van der Waals surface area contributed by atoms with Gasteiger partial charge >= 0.3 is 0 Å². The fourth-order valence-electron chi connectivity index (χ4n) is 1.84. The number of aromatic hydroxyl groups is 1. The number of phenols is 1. The van der Waals surface area contributed by atoms with Gasteiger partial charge in [-0.25, -0.2) is 13.2 Å². The third-order valence-electron chi connectivity index (χ3n) is 2.96. The van der Waals surface area contributed by atoms with Crippen molar-refractivity contribution in [2.75, 3.05) is 0 Å². The van der Waals surface area contributed by atoms with Crippen molar-refractivity contribution in [3.8, 4) is 5.75 Å². The Balaban J connectivity index is 2.18. The topological polar surface area (TPSA) is 49.3 Å². The van der Waals surface area contributed by atoms with Crippen LogP contribution in [0.4, 0.5) is 13.2 Å². The van der Waals surface area contributed by atoms with Crippen LogP contribution >= 0.6 is 0 Å². The smallest absolute Gasteiger partial charge is 0.251 e. The number of benzene rings is 2. The van der Waals surface area contributed by atoms with Crippen LogP contribution in [-0.2, 0) is 0 Å². The number of hydrogen-bond donors (Lipinski definition) is 2. The number of halogens is 3. The summed E-state index contributed by atoms with van der Waals surface area (Å²) in [4.78, 5) is 11.9. The summed E-state index contributed by atoms with van der Waals surface area (Å²) in [5, 5.41) is 11.9. The second kappa shape index (κ2) is 5.87. The van der Waals surface area contributed by atoms with Crippen molar-refractivity contribution in [1.29, 1.82) is 0 Å². The van der Waals surface area contributed by atoms with Gasteiger partial charge in [0.2, 0.25) is 0 Å². The summed E-state index contributed by atoms with van der Waals surface area (Å²) in [5.41, 5.74) is 0.296. The summed E-state index contributed by atoms with van der Waals surface area (Å²) >= 11 is 0. The number of nitrogens with one attached hydrogen (secondary N) is 1. The molecule has 0 spiro atoms. The number of carbonyl (C=O) groups excluding carboxylic acids is 1. The second-order valence-electron chi connectivity index (χ2n) is 4.54. The largest absolute Gasteiger partial charge is 0.508 e. The van der Waals surface area contributed by atoms with Gasteiger partial charge in [0, 0.05) is 5.56 Å². The Kier molecular flexibility index (Phi) is 4.16. The molecule has 0 bridgehead atoms. The third kappa shape index (κ3) is 3.34. The van der Waals surface area contributed by atoms with E-state index in [1.165, 1.54) is 12.1 Å². The molecule has 0 aromatic heterocycles. The normalized spacial score (nSPS) is 12.0. The molecule has 0 saturated carbocycles. The molecule has 2 aromatic carbocycles. The molecule has 0 radical (unpaired) electrons. The monoisotopic (exact) mass is 295 g/mol. The molecular formula is C15H12F3NO2. The zero-order valence-corrected chi connectivity index (χ0v) is 11.0. The van der Waals surface area contributed by atoms with Gasteiger partial charge in [-0.2, -0.15) is 0 Å². The maximum Gasteiger partial charge on any atom is 0.251 e. The third-order valence-corrected chi connectivity index (χ3v) is 2.96. The van der Waals surface area contributed by atoms with E-state index in [4.69, 9.17) is 0 Å². The number of hydrogen-bond acceptors (Lipinski definition) is 2. The van der Waals surface area contributed by atoms with E-state index in [0.717, 1.165) is 0 Å². The average Bonchev–Trinajstić information content (AvgIpc) is 2.44. The zero-order valence-electron chi connectivity index (χ0n) is 11.0. The molecule has 0 aliphatic rings. The van der Waals surface area contributed by atoms with E-state index in [0.29, 0.717) is 17.7 Å². The quantitative estimate of drug-likeness (QED) is 0.854. The first-order chi connectivity index (χ1) is 9.88.